The summed E-state index contributed by atoms with van der Waals surface area (Å²) in [5.41, 5.74) is 5.86. The summed E-state index contributed by atoms with van der Waals surface area (Å²) < 4.78 is 0. The molecule has 2 N–H and O–H groups in total. The fourth-order valence-electron chi connectivity index (χ4n) is 3.16. The zero-order valence-electron chi connectivity index (χ0n) is 11.5. The maximum atomic E-state index is 12.2. The molecule has 1 amide bonds. The molecule has 3 atom stereocenters. The molecule has 5 heteroatoms. The lowest BCUT2D eigenvalue weighted by Gasteiger charge is -2.35. The van der Waals surface area contributed by atoms with Crippen molar-refractivity contribution >= 4 is 18.3 Å². The Morgan fingerprint density at radius 3 is 2.33 bits per heavy atom. The van der Waals surface area contributed by atoms with Crippen LogP contribution in [0.2, 0.25) is 0 Å². The third-order valence-electron chi connectivity index (χ3n) is 3.89. The monoisotopic (exact) mass is 275 g/mol. The van der Waals surface area contributed by atoms with Gasteiger partial charge < -0.3 is 10.6 Å². The number of carbonyl (C=O) groups excluding carboxylic acids is 1. The van der Waals surface area contributed by atoms with E-state index in [1.54, 1.807) is 0 Å². The Labute approximate surface area is 116 Å². The molecule has 2 aliphatic rings. The minimum Gasteiger partial charge on any atom is -0.341 e. The van der Waals surface area contributed by atoms with Gasteiger partial charge in [0.15, 0.2) is 0 Å². The lowest BCUT2D eigenvalue weighted by Crippen LogP contribution is -2.46. The second kappa shape index (κ2) is 6.73. The number of hydrogen-bond donors (Lipinski definition) is 1. The number of piperidine rings is 1. The van der Waals surface area contributed by atoms with Gasteiger partial charge in [0.2, 0.25) is 5.91 Å². The number of nitrogens with two attached hydrogens (primary N) is 1. The summed E-state index contributed by atoms with van der Waals surface area (Å²) >= 11 is 0. The molecule has 0 aromatic rings. The Hall–Kier alpha value is -0.320. The highest BCUT2D eigenvalue weighted by molar-refractivity contribution is 5.85. The predicted molar refractivity (Wildman–Crippen MR) is 75.8 cm³/mol. The highest BCUT2D eigenvalue weighted by Crippen LogP contribution is 2.21. The molecule has 0 aliphatic carbocycles. The first-order valence-corrected chi connectivity index (χ1v) is 6.80. The number of hydrogen-bond acceptors (Lipinski definition) is 3. The summed E-state index contributed by atoms with van der Waals surface area (Å²) in [4.78, 5) is 16.4. The molecule has 18 heavy (non-hydrogen) atoms. The van der Waals surface area contributed by atoms with Crippen molar-refractivity contribution in [2.24, 2.45) is 17.6 Å². The average molecular weight is 276 g/mol. The van der Waals surface area contributed by atoms with Gasteiger partial charge in [-0.1, -0.05) is 13.8 Å². The van der Waals surface area contributed by atoms with Gasteiger partial charge in [-0.25, -0.2) is 0 Å². The Bertz CT molecular complexity index is 277. The van der Waals surface area contributed by atoms with Crippen molar-refractivity contribution in [3.05, 3.63) is 0 Å². The maximum Gasteiger partial charge on any atom is 0.236 e. The normalized spacial score (nSPS) is 33.3. The molecule has 0 aromatic carbocycles. The van der Waals surface area contributed by atoms with E-state index in [9.17, 15) is 4.79 Å². The number of amides is 1. The minimum atomic E-state index is 0. The lowest BCUT2D eigenvalue weighted by atomic mass is 9.92. The standard InChI is InChI=1S/C13H25N3O.ClH/c1-10-5-11(2)7-16(6-10)13(17)9-15-4-3-12(14)8-15;/h10-12H,3-9,14H2,1-2H3;1H. The lowest BCUT2D eigenvalue weighted by molar-refractivity contribution is -0.134. The second-order valence-electron chi connectivity index (χ2n) is 6.03. The van der Waals surface area contributed by atoms with Crippen LogP contribution in [0, 0.1) is 11.8 Å². The van der Waals surface area contributed by atoms with Crippen LogP contribution >= 0.6 is 12.4 Å². The van der Waals surface area contributed by atoms with Crippen LogP contribution < -0.4 is 5.73 Å². The molecule has 2 saturated heterocycles. The Kier molecular flexibility index (Phi) is 5.89. The van der Waals surface area contributed by atoms with Crippen molar-refractivity contribution in [2.45, 2.75) is 32.7 Å². The van der Waals surface area contributed by atoms with Crippen molar-refractivity contribution in [2.75, 3.05) is 32.7 Å². The summed E-state index contributed by atoms with van der Waals surface area (Å²) in [6.07, 6.45) is 2.28. The second-order valence-corrected chi connectivity index (χ2v) is 6.03. The number of likely N-dealkylation sites (tertiary alicyclic amines) is 2. The predicted octanol–water partition coefficient (Wildman–Crippen LogP) is 0.946. The van der Waals surface area contributed by atoms with Crippen molar-refractivity contribution in [3.63, 3.8) is 0 Å². The van der Waals surface area contributed by atoms with Gasteiger partial charge in [0.1, 0.15) is 0 Å². The first-order valence-electron chi connectivity index (χ1n) is 6.80. The molecule has 2 aliphatic heterocycles. The summed E-state index contributed by atoms with van der Waals surface area (Å²) in [5.74, 6) is 1.57. The van der Waals surface area contributed by atoms with Crippen molar-refractivity contribution < 1.29 is 4.79 Å². The van der Waals surface area contributed by atoms with Crippen LogP contribution in [0.25, 0.3) is 0 Å². The molecule has 3 unspecified atom stereocenters. The van der Waals surface area contributed by atoms with Crippen LogP contribution in [-0.4, -0.2) is 54.5 Å². The Morgan fingerprint density at radius 1 is 1.22 bits per heavy atom. The van der Waals surface area contributed by atoms with E-state index in [1.807, 2.05) is 4.90 Å². The van der Waals surface area contributed by atoms with Gasteiger partial charge in [-0.2, -0.15) is 0 Å². The van der Waals surface area contributed by atoms with E-state index in [2.05, 4.69) is 18.7 Å². The average Bonchev–Trinajstić information content (AvgIpc) is 2.62. The van der Waals surface area contributed by atoms with Gasteiger partial charge in [-0.3, -0.25) is 9.69 Å². The topological polar surface area (TPSA) is 49.6 Å². The zero-order valence-corrected chi connectivity index (χ0v) is 12.3. The van der Waals surface area contributed by atoms with E-state index in [0.717, 1.165) is 32.6 Å². The van der Waals surface area contributed by atoms with E-state index < -0.39 is 0 Å². The number of carbonyl (C=O) groups is 1. The fraction of sp³-hybridized carbons (Fsp3) is 0.923. The van der Waals surface area contributed by atoms with Gasteiger partial charge >= 0.3 is 0 Å². The quantitative estimate of drug-likeness (QED) is 0.816. The van der Waals surface area contributed by atoms with E-state index in [0.29, 0.717) is 18.4 Å². The van der Waals surface area contributed by atoms with E-state index in [1.165, 1.54) is 6.42 Å². The van der Waals surface area contributed by atoms with Crippen LogP contribution in [0.15, 0.2) is 0 Å². The highest BCUT2D eigenvalue weighted by Gasteiger charge is 2.28. The van der Waals surface area contributed by atoms with Crippen LogP contribution in [0.5, 0.6) is 0 Å². The highest BCUT2D eigenvalue weighted by atomic mass is 35.5. The molecular weight excluding hydrogens is 250 g/mol. The number of rotatable bonds is 2. The fourth-order valence-corrected chi connectivity index (χ4v) is 3.16. The maximum absolute atomic E-state index is 12.2. The molecule has 2 heterocycles. The van der Waals surface area contributed by atoms with Gasteiger partial charge in [0.05, 0.1) is 6.54 Å². The van der Waals surface area contributed by atoms with Crippen LogP contribution in [0.4, 0.5) is 0 Å². The Morgan fingerprint density at radius 2 is 1.83 bits per heavy atom. The third-order valence-corrected chi connectivity index (χ3v) is 3.89. The molecule has 0 aromatic heterocycles. The molecular formula is C13H26ClN3O. The van der Waals surface area contributed by atoms with Gasteiger partial charge in [0, 0.05) is 32.2 Å². The third kappa shape index (κ3) is 4.11. The minimum absolute atomic E-state index is 0. The Balaban J connectivity index is 0.00000162. The molecule has 4 nitrogen and oxygen atoms in total. The summed E-state index contributed by atoms with van der Waals surface area (Å²) in [7, 11) is 0. The number of nitrogens with zero attached hydrogens (tertiary/aromatic N) is 2. The molecule has 0 bridgehead atoms. The molecule has 0 spiro atoms. The van der Waals surface area contributed by atoms with Gasteiger partial charge in [0.25, 0.3) is 0 Å². The summed E-state index contributed by atoms with van der Waals surface area (Å²) in [6, 6.07) is 0.266. The van der Waals surface area contributed by atoms with Crippen LogP contribution in [-0.2, 0) is 4.79 Å². The van der Waals surface area contributed by atoms with Crippen molar-refractivity contribution in [1.29, 1.82) is 0 Å². The first-order chi connectivity index (χ1) is 8.04. The van der Waals surface area contributed by atoms with Crippen LogP contribution in [0.3, 0.4) is 0 Å². The zero-order chi connectivity index (χ0) is 12.4. The smallest absolute Gasteiger partial charge is 0.236 e. The molecule has 2 fully saturated rings. The molecule has 0 radical (unpaired) electrons. The van der Waals surface area contributed by atoms with E-state index >= 15 is 0 Å². The van der Waals surface area contributed by atoms with Crippen molar-refractivity contribution in [1.82, 2.24) is 9.80 Å². The SMILES string of the molecule is CC1CC(C)CN(C(=O)CN2CCC(N)C2)C1.Cl. The molecule has 2 rings (SSSR count). The largest absolute Gasteiger partial charge is 0.341 e. The van der Waals surface area contributed by atoms with E-state index in [4.69, 9.17) is 5.73 Å². The van der Waals surface area contributed by atoms with Crippen molar-refractivity contribution in [3.8, 4) is 0 Å². The molecule has 106 valence electrons. The number of halogens is 1. The van der Waals surface area contributed by atoms with E-state index in [-0.39, 0.29) is 24.4 Å². The van der Waals surface area contributed by atoms with Gasteiger partial charge in [-0.05, 0) is 24.7 Å². The first kappa shape index (κ1) is 15.7. The summed E-state index contributed by atoms with van der Waals surface area (Å²) in [6.45, 7) is 8.76. The van der Waals surface area contributed by atoms with Crippen LogP contribution in [0.1, 0.15) is 26.7 Å². The molecule has 0 saturated carbocycles. The van der Waals surface area contributed by atoms with Gasteiger partial charge in [-0.15, -0.1) is 12.4 Å². The summed E-state index contributed by atoms with van der Waals surface area (Å²) in [5, 5.41) is 0.